The second-order valence-electron chi connectivity index (χ2n) is 9.33. The smallest absolute Gasteiger partial charge is 0.106 e. The Bertz CT molecular complexity index is 486. The minimum Gasteiger partial charge on any atom is -0.389 e. The van der Waals surface area contributed by atoms with Crippen molar-refractivity contribution in [3.8, 4) is 0 Å². The number of rotatable bonds is 0. The number of aliphatic hydroxyl groups is 1. The van der Waals surface area contributed by atoms with Crippen molar-refractivity contribution in [2.45, 2.75) is 82.5 Å². The summed E-state index contributed by atoms with van der Waals surface area (Å²) in [5, 5.41) is 11.2. The second-order valence-corrected chi connectivity index (χ2v) is 9.33. The monoisotopic (exact) mass is 276 g/mol. The van der Waals surface area contributed by atoms with E-state index in [9.17, 15) is 5.11 Å². The van der Waals surface area contributed by atoms with Crippen LogP contribution in [0, 0.1) is 29.1 Å². The molecule has 0 amide bonds. The predicted molar refractivity (Wildman–Crippen MR) is 77.2 cm³/mol. The SMILES string of the molecule is CC1(C)[C@H]2[C@H]1C[C@@]1(C)O[C@]13[C@@H]1CCCC[C@]1(O)CC[C@@H]23. The molecule has 5 aliphatic rings. The van der Waals surface area contributed by atoms with Gasteiger partial charge in [0.25, 0.3) is 0 Å². The van der Waals surface area contributed by atoms with E-state index in [1.165, 1.54) is 32.1 Å². The number of ether oxygens (including phenoxy) is 1. The Morgan fingerprint density at radius 2 is 1.80 bits per heavy atom. The van der Waals surface area contributed by atoms with E-state index in [4.69, 9.17) is 4.74 Å². The molecule has 5 fully saturated rings. The lowest BCUT2D eigenvalue weighted by Gasteiger charge is -2.52. The molecule has 1 saturated heterocycles. The molecule has 5 rings (SSSR count). The maximum Gasteiger partial charge on any atom is 0.106 e. The van der Waals surface area contributed by atoms with Crippen molar-refractivity contribution in [1.29, 1.82) is 0 Å². The molecule has 0 aromatic heterocycles. The molecule has 4 saturated carbocycles. The average Bonchev–Trinajstić information content (AvgIpc) is 3.17. The Hall–Kier alpha value is -0.0800. The average molecular weight is 276 g/mol. The van der Waals surface area contributed by atoms with Gasteiger partial charge in [0.2, 0.25) is 0 Å². The summed E-state index contributed by atoms with van der Waals surface area (Å²) in [6.07, 6.45) is 8.19. The molecule has 0 aromatic rings. The summed E-state index contributed by atoms with van der Waals surface area (Å²) in [6.45, 7) is 7.28. The lowest BCUT2D eigenvalue weighted by molar-refractivity contribution is -0.133. The zero-order valence-electron chi connectivity index (χ0n) is 13.1. The largest absolute Gasteiger partial charge is 0.389 e. The van der Waals surface area contributed by atoms with Crippen molar-refractivity contribution in [1.82, 2.24) is 0 Å². The first-order valence-corrected chi connectivity index (χ1v) is 8.78. The van der Waals surface area contributed by atoms with Crippen molar-refractivity contribution < 1.29 is 9.84 Å². The number of epoxide rings is 1. The van der Waals surface area contributed by atoms with Gasteiger partial charge in [-0.1, -0.05) is 26.7 Å². The van der Waals surface area contributed by atoms with Gasteiger partial charge in [0.05, 0.1) is 11.2 Å². The molecule has 4 aliphatic carbocycles. The van der Waals surface area contributed by atoms with Crippen molar-refractivity contribution in [2.24, 2.45) is 29.1 Å². The molecule has 1 heterocycles. The van der Waals surface area contributed by atoms with Gasteiger partial charge in [0, 0.05) is 5.92 Å². The molecule has 7 atom stereocenters. The molecule has 112 valence electrons. The molecule has 0 radical (unpaired) electrons. The van der Waals surface area contributed by atoms with Gasteiger partial charge in [-0.05, 0) is 62.2 Å². The van der Waals surface area contributed by atoms with Gasteiger partial charge >= 0.3 is 0 Å². The Morgan fingerprint density at radius 1 is 1.00 bits per heavy atom. The van der Waals surface area contributed by atoms with Crippen LogP contribution in [0.4, 0.5) is 0 Å². The topological polar surface area (TPSA) is 32.8 Å². The third-order valence-electron chi connectivity index (χ3n) is 8.32. The zero-order valence-corrected chi connectivity index (χ0v) is 13.1. The van der Waals surface area contributed by atoms with E-state index in [-0.39, 0.29) is 11.2 Å². The highest BCUT2D eigenvalue weighted by Crippen LogP contribution is 2.81. The van der Waals surface area contributed by atoms with Crippen LogP contribution in [0.5, 0.6) is 0 Å². The van der Waals surface area contributed by atoms with E-state index in [0.29, 0.717) is 11.3 Å². The van der Waals surface area contributed by atoms with Crippen molar-refractivity contribution >= 4 is 0 Å². The van der Waals surface area contributed by atoms with Crippen LogP contribution < -0.4 is 0 Å². The molecule has 0 bridgehead atoms. The fraction of sp³-hybridized carbons (Fsp3) is 1.00. The molecular formula is C18H28O2. The Kier molecular flexibility index (Phi) is 1.96. The summed E-state index contributed by atoms with van der Waals surface area (Å²) >= 11 is 0. The van der Waals surface area contributed by atoms with Crippen LogP contribution >= 0.6 is 0 Å². The molecule has 2 heteroatoms. The fourth-order valence-corrected chi connectivity index (χ4v) is 7.31. The van der Waals surface area contributed by atoms with Gasteiger partial charge in [0.1, 0.15) is 5.60 Å². The van der Waals surface area contributed by atoms with E-state index < -0.39 is 5.60 Å². The molecule has 20 heavy (non-hydrogen) atoms. The first kappa shape index (κ1) is 12.5. The third-order valence-corrected chi connectivity index (χ3v) is 8.32. The van der Waals surface area contributed by atoms with Gasteiger partial charge in [-0.25, -0.2) is 0 Å². The molecular weight excluding hydrogens is 248 g/mol. The Balaban J connectivity index is 1.59. The van der Waals surface area contributed by atoms with E-state index >= 15 is 0 Å². The quantitative estimate of drug-likeness (QED) is 0.687. The van der Waals surface area contributed by atoms with E-state index in [2.05, 4.69) is 20.8 Å². The van der Waals surface area contributed by atoms with E-state index in [1.807, 2.05) is 0 Å². The molecule has 1 spiro atoms. The van der Waals surface area contributed by atoms with Crippen LogP contribution in [0.25, 0.3) is 0 Å². The molecule has 0 unspecified atom stereocenters. The van der Waals surface area contributed by atoms with Gasteiger partial charge in [-0.15, -0.1) is 0 Å². The third kappa shape index (κ3) is 1.11. The second kappa shape index (κ2) is 3.15. The zero-order chi connectivity index (χ0) is 14.0. The molecule has 1 N–H and O–H groups in total. The molecule has 1 aliphatic heterocycles. The summed E-state index contributed by atoms with van der Waals surface area (Å²) in [4.78, 5) is 0. The summed E-state index contributed by atoms with van der Waals surface area (Å²) < 4.78 is 6.53. The van der Waals surface area contributed by atoms with Crippen LogP contribution in [0.2, 0.25) is 0 Å². The summed E-state index contributed by atoms with van der Waals surface area (Å²) in [5.41, 5.74) is 0.262. The first-order chi connectivity index (χ1) is 9.35. The van der Waals surface area contributed by atoms with Crippen molar-refractivity contribution in [3.63, 3.8) is 0 Å². The van der Waals surface area contributed by atoms with Crippen LogP contribution in [-0.4, -0.2) is 21.9 Å². The predicted octanol–water partition coefficient (Wildman–Crippen LogP) is 3.52. The normalized spacial score (nSPS) is 65.4. The fourth-order valence-electron chi connectivity index (χ4n) is 7.31. The highest BCUT2D eigenvalue weighted by Gasteiger charge is 2.86. The lowest BCUT2D eigenvalue weighted by atomic mass is 9.53. The van der Waals surface area contributed by atoms with Crippen LogP contribution in [0.3, 0.4) is 0 Å². The summed E-state index contributed by atoms with van der Waals surface area (Å²) in [5.74, 6) is 2.89. The highest BCUT2D eigenvalue weighted by atomic mass is 16.6. The maximum absolute atomic E-state index is 11.2. The minimum atomic E-state index is -0.404. The first-order valence-electron chi connectivity index (χ1n) is 8.78. The van der Waals surface area contributed by atoms with Gasteiger partial charge in [-0.3, -0.25) is 0 Å². The van der Waals surface area contributed by atoms with E-state index in [0.717, 1.165) is 30.6 Å². The highest BCUT2D eigenvalue weighted by molar-refractivity contribution is 5.34. The summed E-state index contributed by atoms with van der Waals surface area (Å²) in [6, 6.07) is 0. The van der Waals surface area contributed by atoms with Crippen LogP contribution in [-0.2, 0) is 4.74 Å². The number of hydrogen-bond donors (Lipinski definition) is 1. The van der Waals surface area contributed by atoms with Crippen LogP contribution in [0.15, 0.2) is 0 Å². The van der Waals surface area contributed by atoms with Crippen LogP contribution in [0.1, 0.15) is 65.7 Å². The van der Waals surface area contributed by atoms with Crippen molar-refractivity contribution in [2.75, 3.05) is 0 Å². The maximum atomic E-state index is 11.2. The minimum absolute atomic E-state index is 0.0509. The van der Waals surface area contributed by atoms with Gasteiger partial charge in [0.15, 0.2) is 0 Å². The number of fused-ring (bicyclic) bond motifs is 3. The lowest BCUT2D eigenvalue weighted by Crippen LogP contribution is -2.59. The van der Waals surface area contributed by atoms with Crippen molar-refractivity contribution in [3.05, 3.63) is 0 Å². The van der Waals surface area contributed by atoms with E-state index in [1.54, 1.807) is 0 Å². The molecule has 0 aromatic carbocycles. The number of hydrogen-bond acceptors (Lipinski definition) is 2. The summed E-state index contributed by atoms with van der Waals surface area (Å²) in [7, 11) is 0. The van der Waals surface area contributed by atoms with Gasteiger partial charge in [-0.2, -0.15) is 0 Å². The Morgan fingerprint density at radius 3 is 2.60 bits per heavy atom. The Labute approximate surface area is 122 Å². The molecule has 2 nitrogen and oxygen atoms in total. The van der Waals surface area contributed by atoms with Gasteiger partial charge < -0.3 is 9.84 Å². The standard InChI is InChI=1S/C18H28O2/c1-15(2)12-10-16(3)18(20-16)11(14(12)15)7-9-17(19)8-5-4-6-13(17)18/h11-14,19H,4-10H2,1-3H3/t11-,12+,13+,14+,16+,17-,18+/m0/s1.